The molecule has 0 atom stereocenters. The minimum atomic E-state index is 0.670. The van der Waals surface area contributed by atoms with Gasteiger partial charge in [0.05, 0.1) is 28.9 Å². The second-order valence-corrected chi connectivity index (χ2v) is 4.50. The first kappa shape index (κ1) is 11.8. The number of nitrogens with zero attached hydrogens (tertiary/aromatic N) is 2. The van der Waals surface area contributed by atoms with Crippen LogP contribution in [-0.4, -0.2) is 18.7 Å². The van der Waals surface area contributed by atoms with Gasteiger partial charge in [-0.05, 0) is 12.1 Å². The highest BCUT2D eigenvalue weighted by atomic mass is 32.1. The van der Waals surface area contributed by atoms with E-state index in [4.69, 9.17) is 10.00 Å². The number of methoxy groups -OCH3 is 1. The second-order valence-electron chi connectivity index (χ2n) is 3.56. The van der Waals surface area contributed by atoms with E-state index in [1.165, 1.54) is 0 Å². The zero-order valence-corrected chi connectivity index (χ0v) is 10.3. The monoisotopic (exact) mass is 244 g/mol. The average Bonchev–Trinajstić information content (AvgIpc) is 2.85. The molecule has 2 rings (SSSR count). The van der Waals surface area contributed by atoms with E-state index < -0.39 is 0 Å². The third-order valence-electron chi connectivity index (χ3n) is 2.38. The van der Waals surface area contributed by atoms with E-state index >= 15 is 0 Å². The van der Waals surface area contributed by atoms with Gasteiger partial charge in [0.25, 0.3) is 0 Å². The van der Waals surface area contributed by atoms with Crippen molar-refractivity contribution < 1.29 is 4.74 Å². The van der Waals surface area contributed by atoms with Crippen LogP contribution in [0.2, 0.25) is 0 Å². The van der Waals surface area contributed by atoms with E-state index in [-0.39, 0.29) is 0 Å². The molecule has 17 heavy (non-hydrogen) atoms. The third kappa shape index (κ3) is 2.90. The minimum Gasteiger partial charge on any atom is -0.384 e. The summed E-state index contributed by atoms with van der Waals surface area (Å²) in [5, 5.41) is 11.8. The maximum Gasteiger partial charge on any atom is 0.0991 e. The molecule has 0 radical (unpaired) electrons. The van der Waals surface area contributed by atoms with E-state index in [2.05, 4.69) is 11.1 Å². The molecule has 0 saturated heterocycles. The van der Waals surface area contributed by atoms with Crippen LogP contribution in [0.1, 0.15) is 10.6 Å². The van der Waals surface area contributed by atoms with Crippen LogP contribution in [0.15, 0.2) is 29.6 Å². The van der Waals surface area contributed by atoms with Crippen molar-refractivity contribution in [3.63, 3.8) is 0 Å². The number of ether oxygens (including phenoxy) is 1. The van der Waals surface area contributed by atoms with Crippen LogP contribution >= 0.6 is 11.3 Å². The van der Waals surface area contributed by atoms with Crippen LogP contribution < -0.4 is 0 Å². The van der Waals surface area contributed by atoms with E-state index in [9.17, 15) is 0 Å². The van der Waals surface area contributed by atoms with Gasteiger partial charge in [-0.3, -0.25) is 0 Å². The smallest absolute Gasteiger partial charge is 0.0991 e. The molecule has 0 aliphatic carbocycles. The molecule has 1 aromatic heterocycles. The Morgan fingerprint density at radius 3 is 2.76 bits per heavy atom. The number of hydrogen-bond acceptors (Lipinski definition) is 4. The lowest BCUT2D eigenvalue weighted by Gasteiger charge is -1.96. The predicted molar refractivity (Wildman–Crippen MR) is 67.8 cm³/mol. The summed E-state index contributed by atoms with van der Waals surface area (Å²) in [6.45, 7) is 0.695. The van der Waals surface area contributed by atoms with Gasteiger partial charge >= 0.3 is 0 Å². The molecule has 3 nitrogen and oxygen atoms in total. The molecule has 0 aliphatic heterocycles. The zero-order valence-electron chi connectivity index (χ0n) is 9.51. The highest BCUT2D eigenvalue weighted by molar-refractivity contribution is 7.09. The highest BCUT2D eigenvalue weighted by Crippen LogP contribution is 2.22. The average molecular weight is 244 g/mol. The van der Waals surface area contributed by atoms with Gasteiger partial charge in [0, 0.05) is 24.5 Å². The molecular weight excluding hydrogens is 232 g/mol. The maximum absolute atomic E-state index is 8.72. The molecule has 2 aromatic rings. The van der Waals surface area contributed by atoms with Crippen LogP contribution in [0.4, 0.5) is 0 Å². The topological polar surface area (TPSA) is 45.9 Å². The summed E-state index contributed by atoms with van der Waals surface area (Å²) < 4.78 is 5.02. The lowest BCUT2D eigenvalue weighted by Crippen LogP contribution is -1.93. The highest BCUT2D eigenvalue weighted by Gasteiger charge is 2.04. The molecule has 0 saturated carbocycles. The van der Waals surface area contributed by atoms with Crippen molar-refractivity contribution in [1.29, 1.82) is 5.26 Å². The molecule has 0 N–H and O–H groups in total. The van der Waals surface area contributed by atoms with Crippen molar-refractivity contribution in [2.75, 3.05) is 13.7 Å². The molecule has 86 valence electrons. The Morgan fingerprint density at radius 2 is 2.12 bits per heavy atom. The first-order valence-electron chi connectivity index (χ1n) is 5.27. The fraction of sp³-hybridized carbons (Fsp3) is 0.231. The number of nitriles is 1. The minimum absolute atomic E-state index is 0.670. The molecule has 0 unspecified atom stereocenters. The molecular formula is C13H12N2OS. The van der Waals surface area contributed by atoms with Gasteiger partial charge in [-0.25, -0.2) is 4.98 Å². The van der Waals surface area contributed by atoms with Crippen molar-refractivity contribution in [1.82, 2.24) is 4.98 Å². The molecule has 0 aliphatic rings. The van der Waals surface area contributed by atoms with Gasteiger partial charge in [0.15, 0.2) is 0 Å². The molecule has 4 heteroatoms. The summed E-state index contributed by atoms with van der Waals surface area (Å²) in [7, 11) is 1.69. The SMILES string of the molecule is COCCc1nc(-c2ccc(C#N)cc2)cs1. The van der Waals surface area contributed by atoms with Crippen LogP contribution in [0.5, 0.6) is 0 Å². The van der Waals surface area contributed by atoms with Crippen molar-refractivity contribution >= 4 is 11.3 Å². The number of hydrogen-bond donors (Lipinski definition) is 0. The summed E-state index contributed by atoms with van der Waals surface area (Å²) in [5.74, 6) is 0. The van der Waals surface area contributed by atoms with Crippen LogP contribution in [0.3, 0.4) is 0 Å². The Kier molecular flexibility index (Phi) is 3.86. The van der Waals surface area contributed by atoms with Gasteiger partial charge in [-0.2, -0.15) is 5.26 Å². The molecule has 1 heterocycles. The number of rotatable bonds is 4. The van der Waals surface area contributed by atoms with E-state index in [0.29, 0.717) is 12.2 Å². The second kappa shape index (κ2) is 5.58. The summed E-state index contributed by atoms with van der Waals surface area (Å²) in [6, 6.07) is 9.57. The van der Waals surface area contributed by atoms with Gasteiger partial charge in [-0.1, -0.05) is 12.1 Å². The van der Waals surface area contributed by atoms with Gasteiger partial charge < -0.3 is 4.74 Å². The van der Waals surface area contributed by atoms with Crippen LogP contribution in [0.25, 0.3) is 11.3 Å². The Balaban J connectivity index is 2.16. The largest absolute Gasteiger partial charge is 0.384 e. The van der Waals surface area contributed by atoms with Gasteiger partial charge in [-0.15, -0.1) is 11.3 Å². The molecule has 0 bridgehead atoms. The van der Waals surface area contributed by atoms with Crippen molar-refractivity contribution in [3.8, 4) is 17.3 Å². The first-order valence-corrected chi connectivity index (χ1v) is 6.15. The van der Waals surface area contributed by atoms with Crippen molar-refractivity contribution in [2.45, 2.75) is 6.42 Å². The molecule has 0 amide bonds. The fourth-order valence-corrected chi connectivity index (χ4v) is 2.25. The number of thiazole rings is 1. The lowest BCUT2D eigenvalue weighted by atomic mass is 10.1. The van der Waals surface area contributed by atoms with Gasteiger partial charge in [0.1, 0.15) is 0 Å². The van der Waals surface area contributed by atoms with E-state index in [1.54, 1.807) is 18.4 Å². The number of benzene rings is 1. The van der Waals surface area contributed by atoms with Crippen LogP contribution in [-0.2, 0) is 11.2 Å². The lowest BCUT2D eigenvalue weighted by molar-refractivity contribution is 0.202. The summed E-state index contributed by atoms with van der Waals surface area (Å²) in [4.78, 5) is 4.53. The normalized spacial score (nSPS) is 10.1. The van der Waals surface area contributed by atoms with E-state index in [1.807, 2.05) is 29.6 Å². The fourth-order valence-electron chi connectivity index (χ4n) is 1.46. The Morgan fingerprint density at radius 1 is 1.35 bits per heavy atom. The Bertz CT molecular complexity index is 525. The quantitative estimate of drug-likeness (QED) is 0.830. The molecule has 0 fully saturated rings. The number of aromatic nitrogens is 1. The predicted octanol–water partition coefficient (Wildman–Crippen LogP) is 2.87. The first-order chi connectivity index (χ1) is 8.33. The maximum atomic E-state index is 8.72. The zero-order chi connectivity index (χ0) is 12.1. The standard InChI is InChI=1S/C13H12N2OS/c1-16-7-6-13-15-12(9-17-13)11-4-2-10(8-14)3-5-11/h2-5,9H,6-7H2,1H3. The van der Waals surface area contributed by atoms with Crippen LogP contribution in [0, 0.1) is 11.3 Å². The Hall–Kier alpha value is -1.70. The Labute approximate surface area is 104 Å². The van der Waals surface area contributed by atoms with E-state index in [0.717, 1.165) is 22.7 Å². The van der Waals surface area contributed by atoms with Gasteiger partial charge in [0.2, 0.25) is 0 Å². The summed E-state index contributed by atoms with van der Waals surface area (Å²) in [6.07, 6.45) is 0.845. The summed E-state index contributed by atoms with van der Waals surface area (Å²) >= 11 is 1.64. The third-order valence-corrected chi connectivity index (χ3v) is 3.29. The van der Waals surface area contributed by atoms with Crippen molar-refractivity contribution in [3.05, 3.63) is 40.2 Å². The van der Waals surface area contributed by atoms with Crippen molar-refractivity contribution in [2.24, 2.45) is 0 Å². The summed E-state index contributed by atoms with van der Waals surface area (Å²) in [5.41, 5.74) is 2.68. The molecule has 0 spiro atoms. The molecule has 1 aromatic carbocycles.